The Hall–Kier alpha value is -2.13. The van der Waals surface area contributed by atoms with Gasteiger partial charge in [-0.2, -0.15) is 4.31 Å². The number of ether oxygens (including phenoxy) is 2. The first-order chi connectivity index (χ1) is 12.0. The molecule has 2 fully saturated rings. The van der Waals surface area contributed by atoms with E-state index in [0.29, 0.717) is 31.7 Å². The molecule has 136 valence electrons. The van der Waals surface area contributed by atoms with Crippen molar-refractivity contribution in [1.29, 1.82) is 0 Å². The van der Waals surface area contributed by atoms with Gasteiger partial charge in [-0.1, -0.05) is 18.2 Å². The lowest BCUT2D eigenvalue weighted by atomic mass is 10.2. The molecular formula is C16H20N2O6S. The predicted octanol–water partition coefficient (Wildman–Crippen LogP) is 0.838. The lowest BCUT2D eigenvalue weighted by Crippen LogP contribution is -2.42. The zero-order valence-electron chi connectivity index (χ0n) is 13.7. The first-order valence-corrected chi connectivity index (χ1v) is 9.73. The molecule has 9 heteroatoms. The molecule has 2 aliphatic heterocycles. The molecule has 2 saturated heterocycles. The maximum absolute atomic E-state index is 12.4. The molecule has 0 bridgehead atoms. The Kier molecular flexibility index (Phi) is 5.24. The summed E-state index contributed by atoms with van der Waals surface area (Å²) >= 11 is 0. The molecule has 0 spiro atoms. The molecule has 0 aromatic heterocycles. The van der Waals surface area contributed by atoms with Crippen LogP contribution in [0.5, 0.6) is 5.75 Å². The molecule has 0 aliphatic carbocycles. The normalized spacial score (nSPS) is 21.6. The van der Waals surface area contributed by atoms with E-state index < -0.39 is 28.1 Å². The first kappa shape index (κ1) is 17.7. The molecular weight excluding hydrogens is 348 g/mol. The second-order valence-electron chi connectivity index (χ2n) is 5.95. The van der Waals surface area contributed by atoms with Gasteiger partial charge in [-0.05, 0) is 25.0 Å². The minimum Gasteiger partial charge on any atom is -0.494 e. The third-order valence-electron chi connectivity index (χ3n) is 4.23. The van der Waals surface area contributed by atoms with Crippen LogP contribution in [0.1, 0.15) is 12.8 Å². The maximum atomic E-state index is 12.4. The van der Waals surface area contributed by atoms with Gasteiger partial charge in [0.1, 0.15) is 5.75 Å². The number of amides is 2. The molecule has 2 amide bonds. The number of hydrogen-bond donors (Lipinski definition) is 0. The summed E-state index contributed by atoms with van der Waals surface area (Å²) in [7, 11) is -3.45. The predicted molar refractivity (Wildman–Crippen MR) is 88.5 cm³/mol. The number of hydrogen-bond acceptors (Lipinski definition) is 6. The average Bonchev–Trinajstić information content (AvgIpc) is 3.20. The van der Waals surface area contributed by atoms with Crippen LogP contribution >= 0.6 is 0 Å². The molecule has 2 aliphatic rings. The quantitative estimate of drug-likeness (QED) is 0.662. The van der Waals surface area contributed by atoms with Crippen molar-refractivity contribution in [2.45, 2.75) is 18.9 Å². The number of carbonyl (C=O) groups is 2. The Morgan fingerprint density at radius 1 is 1.20 bits per heavy atom. The third kappa shape index (κ3) is 4.10. The van der Waals surface area contributed by atoms with Gasteiger partial charge in [-0.15, -0.1) is 0 Å². The first-order valence-electron chi connectivity index (χ1n) is 8.12. The van der Waals surface area contributed by atoms with E-state index in [9.17, 15) is 18.0 Å². The van der Waals surface area contributed by atoms with E-state index in [1.54, 1.807) is 0 Å². The summed E-state index contributed by atoms with van der Waals surface area (Å²) in [5.41, 5.74) is 0. The Morgan fingerprint density at radius 2 is 1.96 bits per heavy atom. The summed E-state index contributed by atoms with van der Waals surface area (Å²) < 4.78 is 36.4. The smallest absolute Gasteiger partial charge is 0.417 e. The van der Waals surface area contributed by atoms with E-state index in [1.807, 2.05) is 30.3 Å². The molecule has 0 saturated carbocycles. The van der Waals surface area contributed by atoms with Gasteiger partial charge in [-0.3, -0.25) is 4.79 Å². The van der Waals surface area contributed by atoms with Gasteiger partial charge in [0, 0.05) is 13.1 Å². The topological polar surface area (TPSA) is 93.2 Å². The second kappa shape index (κ2) is 7.40. The van der Waals surface area contributed by atoms with Crippen molar-refractivity contribution in [3.05, 3.63) is 30.3 Å². The summed E-state index contributed by atoms with van der Waals surface area (Å²) in [6.45, 7) is 0.461. The second-order valence-corrected chi connectivity index (χ2v) is 8.04. The fraction of sp³-hybridized carbons (Fsp3) is 0.500. The molecule has 8 nitrogen and oxygen atoms in total. The van der Waals surface area contributed by atoms with Crippen LogP contribution in [-0.4, -0.2) is 67.7 Å². The molecule has 1 atom stereocenters. The molecule has 1 aromatic carbocycles. The highest BCUT2D eigenvalue weighted by Gasteiger charge is 2.42. The van der Waals surface area contributed by atoms with Crippen molar-refractivity contribution in [1.82, 2.24) is 9.21 Å². The highest BCUT2D eigenvalue weighted by molar-refractivity contribution is 7.89. The monoisotopic (exact) mass is 368 g/mol. The summed E-state index contributed by atoms with van der Waals surface area (Å²) in [5, 5.41) is 0. The third-order valence-corrected chi connectivity index (χ3v) is 6.15. The largest absolute Gasteiger partial charge is 0.494 e. The van der Waals surface area contributed by atoms with Gasteiger partial charge < -0.3 is 9.47 Å². The highest BCUT2D eigenvalue weighted by Crippen LogP contribution is 2.22. The standard InChI is InChI=1S/C16H20N2O6S/c19-15-12-24-16(20)18(15)13-7-8-17(11-13)25(21,22)10-4-9-23-14-5-2-1-3-6-14/h1-3,5-6,13H,4,7-12H2/t13-/m0/s1. The van der Waals surface area contributed by atoms with Gasteiger partial charge in [0.25, 0.3) is 5.91 Å². The minimum atomic E-state index is -3.45. The van der Waals surface area contributed by atoms with E-state index in [4.69, 9.17) is 4.74 Å². The Bertz CT molecular complexity index is 720. The molecule has 3 rings (SSSR count). The zero-order chi connectivity index (χ0) is 17.9. The molecule has 0 unspecified atom stereocenters. The van der Waals surface area contributed by atoms with E-state index in [0.717, 1.165) is 4.90 Å². The number of para-hydroxylation sites is 1. The fourth-order valence-electron chi connectivity index (χ4n) is 2.97. The van der Waals surface area contributed by atoms with E-state index in [1.165, 1.54) is 4.31 Å². The Morgan fingerprint density at radius 3 is 2.64 bits per heavy atom. The lowest BCUT2D eigenvalue weighted by Gasteiger charge is -2.20. The van der Waals surface area contributed by atoms with Crippen LogP contribution < -0.4 is 4.74 Å². The Labute approximate surface area is 146 Å². The number of nitrogens with zero attached hydrogens (tertiary/aromatic N) is 2. The van der Waals surface area contributed by atoms with Gasteiger partial charge in [-0.25, -0.2) is 18.1 Å². The van der Waals surface area contributed by atoms with Crippen LogP contribution in [0.2, 0.25) is 0 Å². The summed E-state index contributed by atoms with van der Waals surface area (Å²) in [6, 6.07) is 8.75. The van der Waals surface area contributed by atoms with Gasteiger partial charge >= 0.3 is 6.09 Å². The number of benzene rings is 1. The number of imide groups is 1. The van der Waals surface area contributed by atoms with Crippen molar-refractivity contribution in [3.63, 3.8) is 0 Å². The maximum Gasteiger partial charge on any atom is 0.417 e. The number of carbonyl (C=O) groups excluding carboxylic acids is 2. The lowest BCUT2D eigenvalue weighted by molar-refractivity contribution is -0.127. The van der Waals surface area contributed by atoms with Crippen LogP contribution in [0.25, 0.3) is 0 Å². The SMILES string of the molecule is O=C1COC(=O)N1[C@H]1CCN(S(=O)(=O)CCCOc2ccccc2)C1. The number of sulfonamides is 1. The van der Waals surface area contributed by atoms with E-state index in [2.05, 4.69) is 4.74 Å². The molecule has 25 heavy (non-hydrogen) atoms. The number of cyclic esters (lactones) is 1. The molecule has 0 radical (unpaired) electrons. The summed E-state index contributed by atoms with van der Waals surface area (Å²) in [6.07, 6.45) is 0.106. The van der Waals surface area contributed by atoms with Crippen LogP contribution in [0.4, 0.5) is 4.79 Å². The van der Waals surface area contributed by atoms with Crippen LogP contribution in [0.3, 0.4) is 0 Å². The summed E-state index contributed by atoms with van der Waals surface area (Å²) in [4.78, 5) is 24.3. The van der Waals surface area contributed by atoms with Crippen LogP contribution in [-0.2, 0) is 19.6 Å². The van der Waals surface area contributed by atoms with Crippen molar-refractivity contribution in [3.8, 4) is 5.75 Å². The van der Waals surface area contributed by atoms with Gasteiger partial charge in [0.2, 0.25) is 10.0 Å². The van der Waals surface area contributed by atoms with Crippen LogP contribution in [0.15, 0.2) is 30.3 Å². The van der Waals surface area contributed by atoms with Crippen molar-refractivity contribution >= 4 is 22.0 Å². The number of rotatable bonds is 7. The van der Waals surface area contributed by atoms with Gasteiger partial charge in [0.05, 0.1) is 18.4 Å². The fourth-order valence-corrected chi connectivity index (χ4v) is 4.49. The highest BCUT2D eigenvalue weighted by atomic mass is 32.2. The van der Waals surface area contributed by atoms with Crippen LogP contribution in [0, 0.1) is 0 Å². The molecule has 1 aromatic rings. The Balaban J connectivity index is 1.48. The van der Waals surface area contributed by atoms with E-state index in [-0.39, 0.29) is 18.9 Å². The zero-order valence-corrected chi connectivity index (χ0v) is 14.5. The molecule has 0 N–H and O–H groups in total. The van der Waals surface area contributed by atoms with Crippen molar-refractivity contribution < 1.29 is 27.5 Å². The van der Waals surface area contributed by atoms with Crippen molar-refractivity contribution in [2.24, 2.45) is 0 Å². The van der Waals surface area contributed by atoms with Gasteiger partial charge in [0.15, 0.2) is 6.61 Å². The van der Waals surface area contributed by atoms with Crippen molar-refractivity contribution in [2.75, 3.05) is 32.1 Å². The molecule has 2 heterocycles. The average molecular weight is 368 g/mol. The summed E-state index contributed by atoms with van der Waals surface area (Å²) in [5.74, 6) is 0.253. The van der Waals surface area contributed by atoms with E-state index >= 15 is 0 Å². The minimum absolute atomic E-state index is 0.0368.